The second-order valence-electron chi connectivity index (χ2n) is 3.99. The van der Waals surface area contributed by atoms with Crippen LogP contribution in [0.4, 0.5) is 0 Å². The van der Waals surface area contributed by atoms with Crippen LogP contribution in [0.3, 0.4) is 0 Å². The molecule has 2 heteroatoms. The lowest BCUT2D eigenvalue weighted by atomic mass is 10.2. The van der Waals surface area contributed by atoms with Gasteiger partial charge in [0, 0.05) is 6.42 Å². The summed E-state index contributed by atoms with van der Waals surface area (Å²) < 4.78 is 0. The first kappa shape index (κ1) is 16.5. The molecule has 0 heterocycles. The first-order valence-corrected chi connectivity index (χ1v) is 5.55. The lowest BCUT2D eigenvalue weighted by Crippen LogP contribution is -1.87. The average molecular weight is 212 g/mol. The minimum absolute atomic E-state index is 0.125. The largest absolute Gasteiger partial charge is 0.300 e. The van der Waals surface area contributed by atoms with Gasteiger partial charge in [0.2, 0.25) is 0 Å². The lowest BCUT2D eigenvalue weighted by Gasteiger charge is -1.90. The highest BCUT2D eigenvalue weighted by atomic mass is 16.1. The fourth-order valence-corrected chi connectivity index (χ4v) is 1.03. The van der Waals surface area contributed by atoms with E-state index in [-0.39, 0.29) is 5.78 Å². The quantitative estimate of drug-likeness (QED) is 0.514. The fourth-order valence-electron chi connectivity index (χ4n) is 1.03. The van der Waals surface area contributed by atoms with Crippen molar-refractivity contribution in [1.82, 2.24) is 0 Å². The van der Waals surface area contributed by atoms with Crippen LogP contribution in [0.15, 0.2) is 11.6 Å². The van der Waals surface area contributed by atoms with Crippen LogP contribution in [0.2, 0.25) is 0 Å². The van der Waals surface area contributed by atoms with Crippen LogP contribution in [0.5, 0.6) is 0 Å². The maximum Gasteiger partial charge on any atom is 0.152 e. The smallest absolute Gasteiger partial charge is 0.152 e. The Morgan fingerprint density at radius 3 is 1.73 bits per heavy atom. The molecule has 88 valence electrons. The van der Waals surface area contributed by atoms with Crippen molar-refractivity contribution in [3.05, 3.63) is 11.6 Å². The second kappa shape index (κ2) is 11.2. The third-order valence-corrected chi connectivity index (χ3v) is 1.62. The lowest BCUT2D eigenvalue weighted by molar-refractivity contribution is -0.117. The van der Waals surface area contributed by atoms with E-state index in [0.29, 0.717) is 5.78 Å². The highest BCUT2D eigenvalue weighted by molar-refractivity contribution is 5.87. The molecule has 0 aliphatic rings. The summed E-state index contributed by atoms with van der Waals surface area (Å²) in [5.41, 5.74) is 1.06. The molecule has 0 saturated carbocycles. The summed E-state index contributed by atoms with van der Waals surface area (Å²) in [7, 11) is 0. The molecule has 15 heavy (non-hydrogen) atoms. The normalized spacial score (nSPS) is 8.60. The maximum absolute atomic E-state index is 10.3. The van der Waals surface area contributed by atoms with E-state index < -0.39 is 0 Å². The zero-order chi connectivity index (χ0) is 12.3. The molecule has 0 atom stereocenters. The Bertz CT molecular complexity index is 211. The Hall–Kier alpha value is -0.920. The van der Waals surface area contributed by atoms with Crippen molar-refractivity contribution in [2.45, 2.75) is 60.3 Å². The first-order valence-electron chi connectivity index (χ1n) is 5.55. The molecule has 0 fully saturated rings. The number of carbonyl (C=O) groups is 2. The summed E-state index contributed by atoms with van der Waals surface area (Å²) in [5, 5.41) is 0. The molecule has 0 N–H and O–H groups in total. The molecule has 0 rings (SSSR count). The Morgan fingerprint density at radius 2 is 1.53 bits per heavy atom. The van der Waals surface area contributed by atoms with E-state index >= 15 is 0 Å². The summed E-state index contributed by atoms with van der Waals surface area (Å²) in [6.45, 7) is 9.14. The van der Waals surface area contributed by atoms with E-state index in [0.717, 1.165) is 18.4 Å². The van der Waals surface area contributed by atoms with Crippen LogP contribution in [0.1, 0.15) is 60.3 Å². The Balaban J connectivity index is 0. The maximum atomic E-state index is 10.3. The van der Waals surface area contributed by atoms with Gasteiger partial charge >= 0.3 is 0 Å². The second-order valence-corrected chi connectivity index (χ2v) is 3.99. The van der Waals surface area contributed by atoms with Crippen molar-refractivity contribution < 1.29 is 9.59 Å². The summed E-state index contributed by atoms with van der Waals surface area (Å²) >= 11 is 0. The van der Waals surface area contributed by atoms with E-state index in [1.807, 2.05) is 13.8 Å². The zero-order valence-corrected chi connectivity index (χ0v) is 10.7. The highest BCUT2D eigenvalue weighted by Crippen LogP contribution is 1.98. The van der Waals surface area contributed by atoms with Gasteiger partial charge in [-0.15, -0.1) is 0 Å². The predicted octanol–water partition coefficient (Wildman–Crippen LogP) is 3.70. The highest BCUT2D eigenvalue weighted by Gasteiger charge is 1.89. The van der Waals surface area contributed by atoms with Gasteiger partial charge in [-0.3, -0.25) is 4.79 Å². The molecule has 0 amide bonds. The summed E-state index contributed by atoms with van der Waals surface area (Å²) in [4.78, 5) is 20.5. The van der Waals surface area contributed by atoms with Gasteiger partial charge in [0.25, 0.3) is 0 Å². The molecular formula is C13H24O2. The van der Waals surface area contributed by atoms with E-state index in [4.69, 9.17) is 0 Å². The number of rotatable bonds is 5. The summed E-state index contributed by atoms with van der Waals surface area (Å²) in [5.74, 6) is 0.443. The van der Waals surface area contributed by atoms with E-state index in [1.54, 1.807) is 19.9 Å². The molecule has 2 nitrogen and oxygen atoms in total. The van der Waals surface area contributed by atoms with Crippen LogP contribution < -0.4 is 0 Å². The molecule has 0 saturated heterocycles. The van der Waals surface area contributed by atoms with Crippen LogP contribution in [-0.2, 0) is 9.59 Å². The third-order valence-electron chi connectivity index (χ3n) is 1.62. The number of unbranched alkanes of at least 4 members (excludes halogenated alkanes) is 2. The Labute approximate surface area is 93.8 Å². The monoisotopic (exact) mass is 212 g/mol. The Morgan fingerprint density at radius 1 is 1.00 bits per heavy atom. The van der Waals surface area contributed by atoms with Crippen molar-refractivity contribution in [2.24, 2.45) is 0 Å². The Kier molecular flexibility index (Phi) is 12.3. The average Bonchev–Trinajstić information content (AvgIpc) is 2.02. The minimum Gasteiger partial charge on any atom is -0.300 e. The third kappa shape index (κ3) is 24.6. The molecule has 0 bridgehead atoms. The van der Waals surface area contributed by atoms with Crippen LogP contribution in [0, 0.1) is 0 Å². The SMILES string of the molecule is CC(=O)C=C(C)C.CCCCCC(C)=O. The fraction of sp³-hybridized carbons (Fsp3) is 0.692. The minimum atomic E-state index is 0.125. The van der Waals surface area contributed by atoms with Crippen molar-refractivity contribution >= 4 is 11.6 Å². The number of hydrogen-bond acceptors (Lipinski definition) is 2. The molecule has 0 spiro atoms. The number of Topliss-reactive ketones (excluding diaryl/α,β-unsaturated/α-hetero) is 1. The first-order chi connectivity index (χ1) is 6.90. The van der Waals surface area contributed by atoms with Crippen molar-refractivity contribution in [3.8, 4) is 0 Å². The molecule has 0 aromatic rings. The van der Waals surface area contributed by atoms with Crippen LogP contribution in [0.25, 0.3) is 0 Å². The summed E-state index contributed by atoms with van der Waals surface area (Å²) in [6.07, 6.45) is 5.85. The molecule has 0 radical (unpaired) electrons. The number of allylic oxidation sites excluding steroid dienone is 2. The number of ketones is 2. The molecular weight excluding hydrogens is 188 g/mol. The standard InChI is InChI=1S/C7H14O.C6H10O/c1-3-4-5-6-7(2)8;1-5(2)4-6(3)7/h3-6H2,1-2H3;4H,1-3H3. The van der Waals surface area contributed by atoms with Crippen molar-refractivity contribution in [1.29, 1.82) is 0 Å². The molecule has 0 unspecified atom stereocenters. The molecule has 0 aromatic heterocycles. The van der Waals surface area contributed by atoms with Gasteiger partial charge < -0.3 is 4.79 Å². The molecule has 0 aliphatic carbocycles. The van der Waals surface area contributed by atoms with Gasteiger partial charge in [0.15, 0.2) is 5.78 Å². The predicted molar refractivity (Wildman–Crippen MR) is 64.9 cm³/mol. The topological polar surface area (TPSA) is 34.1 Å². The van der Waals surface area contributed by atoms with Crippen molar-refractivity contribution in [3.63, 3.8) is 0 Å². The van der Waals surface area contributed by atoms with Crippen LogP contribution in [-0.4, -0.2) is 11.6 Å². The summed E-state index contributed by atoms with van der Waals surface area (Å²) in [6, 6.07) is 0. The van der Waals surface area contributed by atoms with Gasteiger partial charge in [-0.1, -0.05) is 25.3 Å². The van der Waals surface area contributed by atoms with Gasteiger partial charge in [0.05, 0.1) is 0 Å². The van der Waals surface area contributed by atoms with E-state index in [1.165, 1.54) is 12.8 Å². The van der Waals surface area contributed by atoms with Gasteiger partial charge in [-0.25, -0.2) is 0 Å². The van der Waals surface area contributed by atoms with E-state index in [9.17, 15) is 9.59 Å². The van der Waals surface area contributed by atoms with Crippen molar-refractivity contribution in [2.75, 3.05) is 0 Å². The van der Waals surface area contributed by atoms with Gasteiger partial charge in [-0.05, 0) is 40.2 Å². The number of hydrogen-bond donors (Lipinski definition) is 0. The molecule has 0 aromatic carbocycles. The van der Waals surface area contributed by atoms with E-state index in [2.05, 4.69) is 6.92 Å². The number of carbonyl (C=O) groups excluding carboxylic acids is 2. The molecule has 0 aliphatic heterocycles. The van der Waals surface area contributed by atoms with Crippen LogP contribution >= 0.6 is 0 Å². The van der Waals surface area contributed by atoms with Gasteiger partial charge in [-0.2, -0.15) is 0 Å². The van der Waals surface area contributed by atoms with Gasteiger partial charge in [0.1, 0.15) is 5.78 Å². The zero-order valence-electron chi connectivity index (χ0n) is 10.7.